The quantitative estimate of drug-likeness (QED) is 0.811. The number of ether oxygens (including phenoxy) is 1. The molecule has 0 spiro atoms. The van der Waals surface area contributed by atoms with Crippen molar-refractivity contribution in [3.05, 3.63) is 29.7 Å². The van der Waals surface area contributed by atoms with Gasteiger partial charge in [-0.3, -0.25) is 0 Å². The van der Waals surface area contributed by atoms with Crippen LogP contribution in [-0.4, -0.2) is 34.3 Å². The second kappa shape index (κ2) is 5.84. The molecule has 0 aliphatic rings. The third-order valence-corrected chi connectivity index (χ3v) is 3.20. The maximum Gasteiger partial charge on any atom is 0.354 e. The van der Waals surface area contributed by atoms with Crippen molar-refractivity contribution in [2.45, 2.75) is 26.3 Å². The lowest BCUT2D eigenvalue weighted by atomic mass is 10.1. The number of fused-ring (bicyclic) bond motifs is 1. The van der Waals surface area contributed by atoms with Gasteiger partial charge in [0.1, 0.15) is 5.69 Å². The molecule has 5 heteroatoms. The number of rotatable bonds is 6. The maximum absolute atomic E-state index is 11.0. The van der Waals surface area contributed by atoms with Gasteiger partial charge in [0.25, 0.3) is 0 Å². The molecule has 1 N–H and O–H groups in total. The van der Waals surface area contributed by atoms with Crippen molar-refractivity contribution in [3.63, 3.8) is 0 Å². The van der Waals surface area contributed by atoms with Crippen LogP contribution >= 0.6 is 0 Å². The smallest absolute Gasteiger partial charge is 0.354 e. The van der Waals surface area contributed by atoms with Crippen LogP contribution < -0.4 is 0 Å². The first-order valence-corrected chi connectivity index (χ1v) is 6.37. The Kier molecular flexibility index (Phi) is 4.16. The van der Waals surface area contributed by atoms with Gasteiger partial charge in [0.2, 0.25) is 0 Å². The van der Waals surface area contributed by atoms with E-state index in [1.165, 1.54) is 5.56 Å². The summed E-state index contributed by atoms with van der Waals surface area (Å²) in [7, 11) is 1.68. The molecule has 0 radical (unpaired) electrons. The number of carboxylic acids is 1. The molecule has 0 amide bonds. The second-order valence-corrected chi connectivity index (χ2v) is 4.44. The van der Waals surface area contributed by atoms with Gasteiger partial charge >= 0.3 is 5.97 Å². The summed E-state index contributed by atoms with van der Waals surface area (Å²) >= 11 is 0. The fraction of sp³-hybridized carbons (Fsp3) is 0.429. The Morgan fingerprint density at radius 3 is 2.95 bits per heavy atom. The lowest BCUT2D eigenvalue weighted by Gasteiger charge is -2.05. The maximum atomic E-state index is 11.0. The molecule has 19 heavy (non-hydrogen) atoms. The van der Waals surface area contributed by atoms with Gasteiger partial charge in [-0.05, 0) is 24.5 Å². The molecule has 0 aliphatic heterocycles. The highest BCUT2D eigenvalue weighted by Crippen LogP contribution is 2.22. The Balaban J connectivity index is 2.43. The van der Waals surface area contributed by atoms with E-state index in [9.17, 15) is 4.79 Å². The predicted molar refractivity (Wildman–Crippen MR) is 72.6 cm³/mol. The first-order chi connectivity index (χ1) is 9.17. The van der Waals surface area contributed by atoms with Crippen molar-refractivity contribution in [1.29, 1.82) is 0 Å². The third-order valence-electron chi connectivity index (χ3n) is 3.20. The first-order valence-electron chi connectivity index (χ1n) is 6.37. The minimum Gasteiger partial charge on any atom is -0.477 e. The van der Waals surface area contributed by atoms with Crippen LogP contribution in [0.3, 0.4) is 0 Å². The first kappa shape index (κ1) is 13.5. The van der Waals surface area contributed by atoms with Gasteiger partial charge < -0.3 is 14.4 Å². The number of aromatic carboxylic acids is 1. The lowest BCUT2D eigenvalue weighted by Crippen LogP contribution is -2.03. The van der Waals surface area contributed by atoms with Crippen LogP contribution in [0, 0.1) is 0 Å². The molecule has 0 fully saturated rings. The molecular weight excluding hydrogens is 244 g/mol. The Hall–Kier alpha value is -1.88. The van der Waals surface area contributed by atoms with E-state index in [1.807, 2.05) is 0 Å². The van der Waals surface area contributed by atoms with Crippen LogP contribution in [0.15, 0.2) is 18.5 Å². The molecule has 0 saturated carbocycles. The van der Waals surface area contributed by atoms with Gasteiger partial charge in [-0.25, -0.2) is 9.78 Å². The zero-order valence-electron chi connectivity index (χ0n) is 11.2. The van der Waals surface area contributed by atoms with Crippen LogP contribution in [0.25, 0.3) is 10.9 Å². The predicted octanol–water partition coefficient (Wildman–Crippen LogP) is 2.33. The average molecular weight is 262 g/mol. The number of pyridine rings is 1. The topological polar surface area (TPSA) is 64.3 Å². The minimum atomic E-state index is -0.996. The number of nitrogens with zero attached hydrogens (tertiary/aromatic N) is 2. The number of aryl methyl sites for hydroxylation is 2. The van der Waals surface area contributed by atoms with Crippen molar-refractivity contribution in [1.82, 2.24) is 9.55 Å². The number of methoxy groups -OCH3 is 1. The molecule has 0 aromatic carbocycles. The molecule has 0 unspecified atom stereocenters. The molecule has 5 nitrogen and oxygen atoms in total. The van der Waals surface area contributed by atoms with E-state index in [0.29, 0.717) is 6.61 Å². The summed E-state index contributed by atoms with van der Waals surface area (Å²) in [6, 6.07) is 1.64. The number of hydrogen-bond acceptors (Lipinski definition) is 3. The van der Waals surface area contributed by atoms with Crippen molar-refractivity contribution in [2.24, 2.45) is 0 Å². The Labute approximate surface area is 111 Å². The van der Waals surface area contributed by atoms with Crippen molar-refractivity contribution >= 4 is 16.9 Å². The van der Waals surface area contributed by atoms with Gasteiger partial charge in [0.05, 0.1) is 5.52 Å². The van der Waals surface area contributed by atoms with Crippen LogP contribution in [0.5, 0.6) is 0 Å². The van der Waals surface area contributed by atoms with E-state index in [-0.39, 0.29) is 5.69 Å². The number of aromatic nitrogens is 2. The molecule has 0 saturated heterocycles. The number of hydrogen-bond donors (Lipinski definition) is 1. The highest BCUT2D eigenvalue weighted by atomic mass is 16.5. The summed E-state index contributed by atoms with van der Waals surface area (Å²) in [6.07, 6.45) is 5.54. The summed E-state index contributed by atoms with van der Waals surface area (Å²) in [5.41, 5.74) is 2.21. The van der Waals surface area contributed by atoms with Gasteiger partial charge in [-0.15, -0.1) is 0 Å². The van der Waals surface area contributed by atoms with Gasteiger partial charge in [-0.1, -0.05) is 6.92 Å². The molecular formula is C14H18N2O3. The lowest BCUT2D eigenvalue weighted by molar-refractivity contribution is 0.0690. The van der Waals surface area contributed by atoms with Crippen molar-refractivity contribution in [2.75, 3.05) is 13.7 Å². The van der Waals surface area contributed by atoms with E-state index >= 15 is 0 Å². The number of carboxylic acid groups (broad SMARTS) is 1. The van der Waals surface area contributed by atoms with E-state index in [4.69, 9.17) is 9.84 Å². The zero-order valence-corrected chi connectivity index (χ0v) is 11.2. The molecule has 2 heterocycles. The Morgan fingerprint density at radius 1 is 1.53 bits per heavy atom. The highest BCUT2D eigenvalue weighted by molar-refractivity contribution is 5.92. The fourth-order valence-corrected chi connectivity index (χ4v) is 2.22. The zero-order chi connectivity index (χ0) is 13.8. The third kappa shape index (κ3) is 2.76. The summed E-state index contributed by atoms with van der Waals surface area (Å²) in [4.78, 5) is 15.0. The van der Waals surface area contributed by atoms with Crippen molar-refractivity contribution < 1.29 is 14.6 Å². The average Bonchev–Trinajstić information content (AvgIpc) is 2.76. The van der Waals surface area contributed by atoms with Gasteiger partial charge in [0, 0.05) is 38.0 Å². The van der Waals surface area contributed by atoms with Crippen LogP contribution in [0.4, 0.5) is 0 Å². The molecule has 0 atom stereocenters. The van der Waals surface area contributed by atoms with Crippen LogP contribution in [-0.2, 0) is 17.7 Å². The summed E-state index contributed by atoms with van der Waals surface area (Å²) in [6.45, 7) is 3.59. The molecule has 0 aliphatic carbocycles. The number of carbonyl (C=O) groups is 1. The SMILES string of the molecule is CCc1cn(CCCOC)c2cc(C(=O)O)ncc12. The second-order valence-electron chi connectivity index (χ2n) is 4.44. The highest BCUT2D eigenvalue weighted by Gasteiger charge is 2.11. The van der Waals surface area contributed by atoms with E-state index < -0.39 is 5.97 Å². The van der Waals surface area contributed by atoms with Gasteiger partial charge in [0.15, 0.2) is 0 Å². The van der Waals surface area contributed by atoms with Crippen LogP contribution in [0.2, 0.25) is 0 Å². The molecule has 2 aromatic heterocycles. The van der Waals surface area contributed by atoms with E-state index in [2.05, 4.69) is 22.7 Å². The molecule has 2 aromatic rings. The fourth-order valence-electron chi connectivity index (χ4n) is 2.22. The summed E-state index contributed by atoms with van der Waals surface area (Å²) in [5.74, 6) is -0.996. The Morgan fingerprint density at radius 2 is 2.32 bits per heavy atom. The molecule has 2 rings (SSSR count). The van der Waals surface area contributed by atoms with E-state index in [0.717, 1.165) is 30.3 Å². The standard InChI is InChI=1S/C14H18N2O3/c1-3-10-9-16(5-4-6-19-2)13-7-12(14(17)18)15-8-11(10)13/h7-9H,3-6H2,1-2H3,(H,17,18). The van der Waals surface area contributed by atoms with E-state index in [1.54, 1.807) is 19.4 Å². The van der Waals surface area contributed by atoms with Crippen molar-refractivity contribution in [3.8, 4) is 0 Å². The normalized spacial score (nSPS) is 11.1. The Bertz CT molecular complexity index is 590. The minimum absolute atomic E-state index is 0.0845. The largest absolute Gasteiger partial charge is 0.477 e. The molecule has 102 valence electrons. The van der Waals surface area contributed by atoms with Gasteiger partial charge in [-0.2, -0.15) is 0 Å². The summed E-state index contributed by atoms with van der Waals surface area (Å²) < 4.78 is 7.14. The van der Waals surface area contributed by atoms with Crippen LogP contribution in [0.1, 0.15) is 29.4 Å². The monoisotopic (exact) mass is 262 g/mol. The molecule has 0 bridgehead atoms. The summed E-state index contributed by atoms with van der Waals surface area (Å²) in [5, 5.41) is 10.1.